The molecule has 0 bridgehead atoms. The van der Waals surface area contributed by atoms with Gasteiger partial charge in [0.1, 0.15) is 23.9 Å². The summed E-state index contributed by atoms with van der Waals surface area (Å²) in [5.41, 5.74) is 11.6. The van der Waals surface area contributed by atoms with Crippen LogP contribution in [0.2, 0.25) is 0 Å². The maximum atomic E-state index is 13.0. The normalized spacial score (nSPS) is 12.4. The quantitative estimate of drug-likeness (QED) is 0.319. The lowest BCUT2D eigenvalue weighted by Gasteiger charge is -2.23. The highest BCUT2D eigenvalue weighted by atomic mass is 16.5. The summed E-state index contributed by atoms with van der Waals surface area (Å²) in [4.78, 5) is 25.9. The number of ketones is 2. The van der Waals surface area contributed by atoms with Gasteiger partial charge in [0.2, 0.25) is 11.6 Å². The first kappa shape index (κ1) is 17.4. The fraction of sp³-hybridized carbons (Fsp3) is 0.0476. The molecule has 4 rings (SSSR count). The molecule has 0 amide bonds. The van der Waals surface area contributed by atoms with Crippen molar-refractivity contribution in [3.63, 3.8) is 0 Å². The van der Waals surface area contributed by atoms with Gasteiger partial charge >= 0.3 is 0 Å². The van der Waals surface area contributed by atoms with Crippen LogP contribution in [0.1, 0.15) is 37.4 Å². The Morgan fingerprint density at radius 1 is 0.786 bits per heavy atom. The average Bonchev–Trinajstić information content (AvgIpc) is 2.68. The molecule has 0 spiro atoms. The number of nitrogen functional groups attached to an aromatic ring is 2. The van der Waals surface area contributed by atoms with Crippen LogP contribution in [0.3, 0.4) is 0 Å². The molecule has 7 nitrogen and oxygen atoms in total. The van der Waals surface area contributed by atoms with Crippen LogP contribution >= 0.6 is 0 Å². The molecule has 3 aromatic carbocycles. The van der Waals surface area contributed by atoms with Crippen LogP contribution in [0.5, 0.6) is 17.2 Å². The van der Waals surface area contributed by atoms with E-state index in [0.29, 0.717) is 11.3 Å². The standard InChI is InChI=1S/C21H16N2O5/c22-12-6-7-13(24)16-15(12)20(26)17-14(25)8-10(19(23)18(17)21(16)27)9-28-11-4-2-1-3-5-11/h1-8,24-25H,9,22-23H2. The van der Waals surface area contributed by atoms with Crippen molar-refractivity contribution in [1.29, 1.82) is 0 Å². The molecule has 6 N–H and O–H groups in total. The molecule has 7 heteroatoms. The summed E-state index contributed by atoms with van der Waals surface area (Å²) in [5.74, 6) is -1.54. The first-order chi connectivity index (χ1) is 13.4. The monoisotopic (exact) mass is 376 g/mol. The van der Waals surface area contributed by atoms with Crippen LogP contribution in [0.25, 0.3) is 0 Å². The van der Waals surface area contributed by atoms with Crippen molar-refractivity contribution in [3.05, 3.63) is 76.3 Å². The molecule has 0 fully saturated rings. The van der Waals surface area contributed by atoms with Crippen molar-refractivity contribution >= 4 is 22.9 Å². The first-order valence-corrected chi connectivity index (χ1v) is 8.43. The molecule has 0 radical (unpaired) electrons. The SMILES string of the molecule is Nc1ccc(O)c2c1C(=O)c1c(O)cc(COc3ccccc3)c(N)c1C2=O. The van der Waals surface area contributed by atoms with Gasteiger partial charge in [0, 0.05) is 11.3 Å². The largest absolute Gasteiger partial charge is 0.507 e. The Labute approximate surface area is 159 Å². The second-order valence-electron chi connectivity index (χ2n) is 6.40. The number of benzene rings is 3. The number of carbonyl (C=O) groups is 2. The highest BCUT2D eigenvalue weighted by molar-refractivity contribution is 6.33. The van der Waals surface area contributed by atoms with Crippen LogP contribution in [-0.2, 0) is 6.61 Å². The fourth-order valence-corrected chi connectivity index (χ4v) is 3.33. The number of para-hydroxylation sites is 1. The summed E-state index contributed by atoms with van der Waals surface area (Å²) < 4.78 is 5.64. The lowest BCUT2D eigenvalue weighted by molar-refractivity contribution is 0.0975. The molecule has 3 aromatic rings. The van der Waals surface area contributed by atoms with Crippen LogP contribution < -0.4 is 16.2 Å². The van der Waals surface area contributed by atoms with E-state index in [1.807, 2.05) is 6.07 Å². The minimum absolute atomic E-state index is 0.00885. The van der Waals surface area contributed by atoms with Crippen molar-refractivity contribution in [2.45, 2.75) is 6.61 Å². The molecule has 0 aliphatic heterocycles. The number of phenols is 2. The molecule has 0 heterocycles. The molecule has 1 aliphatic carbocycles. The lowest BCUT2D eigenvalue weighted by atomic mass is 9.80. The van der Waals surface area contributed by atoms with E-state index in [9.17, 15) is 19.8 Å². The van der Waals surface area contributed by atoms with Gasteiger partial charge in [-0.25, -0.2) is 0 Å². The number of nitrogens with two attached hydrogens (primary N) is 2. The molecule has 0 aromatic heterocycles. The third kappa shape index (κ3) is 2.52. The summed E-state index contributed by atoms with van der Waals surface area (Å²) >= 11 is 0. The highest BCUT2D eigenvalue weighted by Crippen LogP contribution is 2.42. The van der Waals surface area contributed by atoms with Crippen LogP contribution in [0, 0.1) is 0 Å². The van der Waals surface area contributed by atoms with Crippen molar-refractivity contribution in [2.75, 3.05) is 11.5 Å². The molecule has 1 aliphatic rings. The molecule has 0 saturated heterocycles. The van der Waals surface area contributed by atoms with Crippen molar-refractivity contribution in [3.8, 4) is 17.2 Å². The van der Waals surface area contributed by atoms with Crippen LogP contribution in [-0.4, -0.2) is 21.8 Å². The number of fused-ring (bicyclic) bond motifs is 2. The average molecular weight is 376 g/mol. The Bertz CT molecular complexity index is 1140. The summed E-state index contributed by atoms with van der Waals surface area (Å²) in [5, 5.41) is 20.6. The van der Waals surface area contributed by atoms with E-state index in [-0.39, 0.29) is 46.0 Å². The number of hydrogen-bond acceptors (Lipinski definition) is 7. The Morgan fingerprint density at radius 3 is 2.14 bits per heavy atom. The van der Waals surface area contributed by atoms with Gasteiger partial charge in [0.05, 0.1) is 27.9 Å². The van der Waals surface area contributed by atoms with Gasteiger partial charge in [-0.1, -0.05) is 18.2 Å². The van der Waals surface area contributed by atoms with E-state index in [1.54, 1.807) is 24.3 Å². The number of rotatable bonds is 3. The van der Waals surface area contributed by atoms with Crippen LogP contribution in [0.15, 0.2) is 48.5 Å². The fourth-order valence-electron chi connectivity index (χ4n) is 3.33. The van der Waals surface area contributed by atoms with E-state index in [0.717, 1.165) is 0 Å². The molecular weight excluding hydrogens is 360 g/mol. The van der Waals surface area contributed by atoms with E-state index in [4.69, 9.17) is 16.2 Å². The third-order valence-corrected chi connectivity index (χ3v) is 4.69. The zero-order valence-electron chi connectivity index (χ0n) is 14.6. The molecule has 0 atom stereocenters. The van der Waals surface area contributed by atoms with Gasteiger partial charge in [-0.15, -0.1) is 0 Å². The minimum atomic E-state index is -0.677. The van der Waals surface area contributed by atoms with Crippen LogP contribution in [0.4, 0.5) is 11.4 Å². The van der Waals surface area contributed by atoms with E-state index in [2.05, 4.69) is 0 Å². The number of ether oxygens (including phenoxy) is 1. The number of hydrogen-bond donors (Lipinski definition) is 4. The molecule has 140 valence electrons. The first-order valence-electron chi connectivity index (χ1n) is 8.43. The summed E-state index contributed by atoms with van der Waals surface area (Å²) in [7, 11) is 0. The van der Waals surface area contributed by atoms with Gasteiger partial charge in [-0.3, -0.25) is 9.59 Å². The molecule has 0 unspecified atom stereocenters. The minimum Gasteiger partial charge on any atom is -0.507 e. The Hall–Kier alpha value is -4.00. The highest BCUT2D eigenvalue weighted by Gasteiger charge is 2.38. The molecular formula is C21H16N2O5. The van der Waals surface area contributed by atoms with E-state index >= 15 is 0 Å². The third-order valence-electron chi connectivity index (χ3n) is 4.69. The second-order valence-corrected chi connectivity index (χ2v) is 6.40. The molecule has 0 saturated carbocycles. The Morgan fingerprint density at radius 2 is 1.43 bits per heavy atom. The van der Waals surface area contributed by atoms with Crippen molar-refractivity contribution < 1.29 is 24.5 Å². The second kappa shape index (κ2) is 6.31. The Kier molecular flexibility index (Phi) is 3.93. The van der Waals surface area contributed by atoms with Gasteiger partial charge in [0.15, 0.2) is 0 Å². The number of anilines is 2. The van der Waals surface area contributed by atoms with E-state index < -0.39 is 17.3 Å². The maximum absolute atomic E-state index is 13.0. The lowest BCUT2D eigenvalue weighted by Crippen LogP contribution is -2.25. The summed E-state index contributed by atoms with van der Waals surface area (Å²) in [6, 6.07) is 12.8. The van der Waals surface area contributed by atoms with Gasteiger partial charge < -0.3 is 26.4 Å². The molecule has 28 heavy (non-hydrogen) atoms. The zero-order chi connectivity index (χ0) is 20.0. The van der Waals surface area contributed by atoms with Crippen molar-refractivity contribution in [2.24, 2.45) is 0 Å². The predicted molar refractivity (Wildman–Crippen MR) is 103 cm³/mol. The zero-order valence-corrected chi connectivity index (χ0v) is 14.6. The number of phenolic OH excluding ortho intramolecular Hbond substituents is 2. The van der Waals surface area contributed by atoms with Crippen molar-refractivity contribution in [1.82, 2.24) is 0 Å². The topological polar surface area (TPSA) is 136 Å². The number of carbonyl (C=O) groups excluding carboxylic acids is 2. The smallest absolute Gasteiger partial charge is 0.200 e. The number of aromatic hydroxyl groups is 2. The van der Waals surface area contributed by atoms with Gasteiger partial charge in [-0.2, -0.15) is 0 Å². The van der Waals surface area contributed by atoms with Gasteiger partial charge in [0.25, 0.3) is 0 Å². The van der Waals surface area contributed by atoms with Gasteiger partial charge in [-0.05, 0) is 30.3 Å². The van der Waals surface area contributed by atoms with E-state index in [1.165, 1.54) is 18.2 Å². The summed E-state index contributed by atoms with van der Waals surface area (Å²) in [6.07, 6.45) is 0. The predicted octanol–water partition coefficient (Wildman–Crippen LogP) is 2.62. The summed E-state index contributed by atoms with van der Waals surface area (Å²) in [6.45, 7) is -0.0199. The maximum Gasteiger partial charge on any atom is 0.200 e. The Balaban J connectivity index is 1.83.